The van der Waals surface area contributed by atoms with E-state index in [2.05, 4.69) is 6.07 Å². The highest BCUT2D eigenvalue weighted by Gasteiger charge is 2.08. The Hall–Kier alpha value is -1.41. The Kier molecular flexibility index (Phi) is 2.69. The second kappa shape index (κ2) is 3.99. The van der Waals surface area contributed by atoms with Crippen LogP contribution in [0.25, 0.3) is 11.1 Å². The van der Waals surface area contributed by atoms with E-state index in [1.54, 1.807) is 18.2 Å². The predicted molar refractivity (Wildman–Crippen MR) is 55.6 cm³/mol. The zero-order valence-electron chi connectivity index (χ0n) is 7.60. The molecule has 0 spiro atoms. The highest BCUT2D eigenvalue weighted by atomic mass is 35.5. The summed E-state index contributed by atoms with van der Waals surface area (Å²) in [5, 5.41) is 0.322. The molecule has 75 valence electrons. The summed E-state index contributed by atoms with van der Waals surface area (Å²) < 4.78 is 26.1. The summed E-state index contributed by atoms with van der Waals surface area (Å²) in [6, 6.07) is 11.1. The number of benzene rings is 2. The number of rotatable bonds is 1. The van der Waals surface area contributed by atoms with Crippen molar-refractivity contribution in [3.05, 3.63) is 59.1 Å². The largest absolute Gasteiger partial charge is 0.207 e. The molecule has 2 aromatic rings. The molecule has 0 saturated carbocycles. The normalized spacial score (nSPS) is 10.3. The molecule has 0 fully saturated rings. The molecule has 0 aromatic heterocycles. The average molecular weight is 224 g/mol. The molecule has 1 radical (unpaired) electrons. The Balaban J connectivity index is 2.60. The Morgan fingerprint density at radius 2 is 1.87 bits per heavy atom. The lowest BCUT2D eigenvalue weighted by atomic mass is 10.1. The topological polar surface area (TPSA) is 0 Å². The van der Waals surface area contributed by atoms with Crippen molar-refractivity contribution in [2.45, 2.75) is 0 Å². The van der Waals surface area contributed by atoms with Gasteiger partial charge in [-0.1, -0.05) is 29.8 Å². The summed E-state index contributed by atoms with van der Waals surface area (Å²) in [5.41, 5.74) is 0.787. The maximum atomic E-state index is 13.4. The van der Waals surface area contributed by atoms with E-state index < -0.39 is 11.6 Å². The maximum Gasteiger partial charge on any atom is 0.133 e. The van der Waals surface area contributed by atoms with Gasteiger partial charge in [0, 0.05) is 23.3 Å². The molecule has 15 heavy (non-hydrogen) atoms. The first-order valence-corrected chi connectivity index (χ1v) is 4.68. The second-order valence-electron chi connectivity index (χ2n) is 3.02. The van der Waals surface area contributed by atoms with Crippen LogP contribution in [0.15, 0.2) is 36.4 Å². The lowest BCUT2D eigenvalue weighted by Crippen LogP contribution is -1.86. The molecule has 0 atom stereocenters. The van der Waals surface area contributed by atoms with Crippen molar-refractivity contribution >= 4 is 11.6 Å². The zero-order valence-corrected chi connectivity index (χ0v) is 8.35. The van der Waals surface area contributed by atoms with E-state index in [1.807, 2.05) is 0 Å². The van der Waals surface area contributed by atoms with E-state index in [0.717, 1.165) is 6.07 Å². The van der Waals surface area contributed by atoms with Crippen LogP contribution in [0.2, 0.25) is 5.02 Å². The fourth-order valence-corrected chi connectivity index (χ4v) is 1.56. The highest BCUT2D eigenvalue weighted by Crippen LogP contribution is 2.29. The van der Waals surface area contributed by atoms with Crippen molar-refractivity contribution < 1.29 is 8.78 Å². The molecule has 2 aromatic carbocycles. The fourth-order valence-electron chi connectivity index (χ4n) is 1.33. The lowest BCUT2D eigenvalue weighted by molar-refractivity contribution is 0.585. The van der Waals surface area contributed by atoms with Gasteiger partial charge in [-0.2, -0.15) is 0 Å². The molecule has 0 saturated heterocycles. The molecule has 0 aliphatic heterocycles. The van der Waals surface area contributed by atoms with Crippen LogP contribution in [0.4, 0.5) is 8.78 Å². The van der Waals surface area contributed by atoms with E-state index in [4.69, 9.17) is 11.6 Å². The Morgan fingerprint density at radius 1 is 1.07 bits per heavy atom. The molecule has 0 nitrogen and oxygen atoms in total. The Bertz CT molecular complexity index is 495. The van der Waals surface area contributed by atoms with Crippen molar-refractivity contribution in [3.8, 4) is 11.1 Å². The summed E-state index contributed by atoms with van der Waals surface area (Å²) in [4.78, 5) is 0. The van der Waals surface area contributed by atoms with Gasteiger partial charge < -0.3 is 0 Å². The number of halogens is 3. The third kappa shape index (κ3) is 2.00. The summed E-state index contributed by atoms with van der Waals surface area (Å²) in [6.07, 6.45) is 0. The second-order valence-corrected chi connectivity index (χ2v) is 3.40. The van der Waals surface area contributed by atoms with Gasteiger partial charge in [0.15, 0.2) is 0 Å². The first-order valence-electron chi connectivity index (χ1n) is 4.30. The number of hydrogen-bond acceptors (Lipinski definition) is 0. The van der Waals surface area contributed by atoms with Crippen LogP contribution in [0.5, 0.6) is 0 Å². The molecule has 0 aliphatic rings. The molecule has 2 rings (SSSR count). The minimum Gasteiger partial charge on any atom is -0.207 e. The number of hydrogen-bond donors (Lipinski definition) is 0. The quantitative estimate of drug-likeness (QED) is 0.683. The first kappa shape index (κ1) is 10.1. The lowest BCUT2D eigenvalue weighted by Gasteiger charge is -2.04. The summed E-state index contributed by atoms with van der Waals surface area (Å²) in [7, 11) is 0. The van der Waals surface area contributed by atoms with E-state index in [1.165, 1.54) is 12.1 Å². The Morgan fingerprint density at radius 3 is 2.53 bits per heavy atom. The van der Waals surface area contributed by atoms with Gasteiger partial charge >= 0.3 is 0 Å². The van der Waals surface area contributed by atoms with E-state index in [-0.39, 0.29) is 5.56 Å². The molecule has 0 aliphatic carbocycles. The first-order chi connectivity index (χ1) is 7.18. The molecule has 0 bridgehead atoms. The van der Waals surface area contributed by atoms with Gasteiger partial charge in [0.05, 0.1) is 5.02 Å². The van der Waals surface area contributed by atoms with Crippen LogP contribution in [0.3, 0.4) is 0 Å². The molecule has 0 amide bonds. The van der Waals surface area contributed by atoms with Gasteiger partial charge in [-0.25, -0.2) is 8.78 Å². The highest BCUT2D eigenvalue weighted by molar-refractivity contribution is 6.33. The van der Waals surface area contributed by atoms with Gasteiger partial charge in [0.25, 0.3) is 0 Å². The summed E-state index contributed by atoms with van der Waals surface area (Å²) in [6.45, 7) is 0. The average Bonchev–Trinajstić information content (AvgIpc) is 2.20. The van der Waals surface area contributed by atoms with Gasteiger partial charge in [-0.3, -0.25) is 0 Å². The van der Waals surface area contributed by atoms with Crippen LogP contribution in [0, 0.1) is 17.7 Å². The maximum absolute atomic E-state index is 13.4. The van der Waals surface area contributed by atoms with Crippen molar-refractivity contribution in [1.29, 1.82) is 0 Å². The standard InChI is InChI=1S/C12H6ClF2/c13-11-4-2-1-3-9(11)10-6-5-8(14)7-12(10)15/h1-3,5-7H. The smallest absolute Gasteiger partial charge is 0.133 e. The minimum absolute atomic E-state index is 0.276. The molecular formula is C12H6ClF2. The van der Waals surface area contributed by atoms with E-state index in [9.17, 15) is 8.78 Å². The van der Waals surface area contributed by atoms with Crippen LogP contribution in [-0.4, -0.2) is 0 Å². The summed E-state index contributed by atoms with van der Waals surface area (Å²) >= 11 is 5.85. The van der Waals surface area contributed by atoms with Gasteiger partial charge in [-0.05, 0) is 12.1 Å². The van der Waals surface area contributed by atoms with Crippen LogP contribution in [0.1, 0.15) is 0 Å². The molecule has 0 N–H and O–H groups in total. The fraction of sp³-hybridized carbons (Fsp3) is 0. The summed E-state index contributed by atoms with van der Waals surface area (Å²) in [5.74, 6) is -1.23. The van der Waals surface area contributed by atoms with E-state index in [0.29, 0.717) is 10.6 Å². The van der Waals surface area contributed by atoms with Crippen LogP contribution < -0.4 is 0 Å². The van der Waals surface area contributed by atoms with Crippen molar-refractivity contribution in [2.75, 3.05) is 0 Å². The van der Waals surface area contributed by atoms with Gasteiger partial charge in [0.1, 0.15) is 11.6 Å². The molecule has 0 heterocycles. The van der Waals surface area contributed by atoms with Crippen molar-refractivity contribution in [1.82, 2.24) is 0 Å². The minimum atomic E-state index is -0.628. The molecular weight excluding hydrogens is 218 g/mol. The zero-order chi connectivity index (χ0) is 10.8. The third-order valence-electron chi connectivity index (χ3n) is 2.03. The van der Waals surface area contributed by atoms with Crippen LogP contribution >= 0.6 is 11.6 Å². The SMILES string of the molecule is Fc1ccc(-c2ccc[c]c2Cl)c(F)c1. The molecule has 3 heteroatoms. The van der Waals surface area contributed by atoms with Gasteiger partial charge in [0.2, 0.25) is 0 Å². The monoisotopic (exact) mass is 223 g/mol. The van der Waals surface area contributed by atoms with Crippen molar-refractivity contribution in [3.63, 3.8) is 0 Å². The predicted octanol–water partition coefficient (Wildman–Crippen LogP) is 4.09. The molecule has 0 unspecified atom stereocenters. The van der Waals surface area contributed by atoms with Crippen LogP contribution in [-0.2, 0) is 0 Å². The Labute approximate surface area is 91.1 Å². The van der Waals surface area contributed by atoms with E-state index >= 15 is 0 Å². The van der Waals surface area contributed by atoms with Gasteiger partial charge in [-0.15, -0.1) is 0 Å². The van der Waals surface area contributed by atoms with Crippen molar-refractivity contribution in [2.24, 2.45) is 0 Å². The third-order valence-corrected chi connectivity index (χ3v) is 2.34.